The van der Waals surface area contributed by atoms with E-state index in [1.807, 2.05) is 0 Å². The van der Waals surface area contributed by atoms with Crippen LogP contribution < -0.4 is 5.32 Å². The van der Waals surface area contributed by atoms with E-state index in [0.29, 0.717) is 5.41 Å². The van der Waals surface area contributed by atoms with Crippen LogP contribution in [0, 0.1) is 17.3 Å². The first-order valence-electron chi connectivity index (χ1n) is 8.49. The monoisotopic (exact) mass is 281 g/mol. The van der Waals surface area contributed by atoms with Crippen molar-refractivity contribution in [1.82, 2.24) is 15.1 Å². The van der Waals surface area contributed by atoms with E-state index >= 15 is 0 Å². The van der Waals surface area contributed by atoms with Gasteiger partial charge in [-0.3, -0.25) is 0 Å². The first-order valence-corrected chi connectivity index (χ1v) is 8.49. The Morgan fingerprint density at radius 1 is 1.25 bits per heavy atom. The van der Waals surface area contributed by atoms with E-state index in [9.17, 15) is 0 Å². The van der Waals surface area contributed by atoms with Gasteiger partial charge >= 0.3 is 0 Å². The molecule has 1 aliphatic heterocycles. The molecule has 0 spiro atoms. The summed E-state index contributed by atoms with van der Waals surface area (Å²) in [5, 5.41) is 3.48. The molecule has 0 amide bonds. The molecule has 2 rings (SSSR count). The largest absolute Gasteiger partial charge is 0.319 e. The van der Waals surface area contributed by atoms with Gasteiger partial charge in [-0.1, -0.05) is 26.7 Å². The van der Waals surface area contributed by atoms with E-state index in [0.717, 1.165) is 17.9 Å². The zero-order valence-corrected chi connectivity index (χ0v) is 14.3. The Morgan fingerprint density at radius 2 is 2.00 bits per heavy atom. The number of likely N-dealkylation sites (N-methyl/N-ethyl adjacent to an activating group) is 1. The molecule has 3 nitrogen and oxygen atoms in total. The van der Waals surface area contributed by atoms with E-state index in [1.54, 1.807) is 0 Å². The molecule has 0 aromatic rings. The average molecular weight is 281 g/mol. The lowest BCUT2D eigenvalue weighted by molar-refractivity contribution is 0.0896. The molecule has 0 aromatic carbocycles. The zero-order valence-electron chi connectivity index (χ0n) is 14.3. The highest BCUT2D eigenvalue weighted by molar-refractivity contribution is 4.94. The van der Waals surface area contributed by atoms with Crippen molar-refractivity contribution in [3.05, 3.63) is 0 Å². The SMILES string of the molecule is CNCC1(CN2CC(C)C(N(C)C)C2)CCCC(C)C1. The number of nitrogens with one attached hydrogen (secondary N) is 1. The average Bonchev–Trinajstić information content (AvgIpc) is 2.70. The second-order valence-electron chi connectivity index (χ2n) is 7.93. The molecular formula is C17H35N3. The molecule has 1 aliphatic carbocycles. The van der Waals surface area contributed by atoms with Crippen LogP contribution in [0.1, 0.15) is 39.5 Å². The van der Waals surface area contributed by atoms with Crippen LogP contribution in [-0.2, 0) is 0 Å². The summed E-state index contributed by atoms with van der Waals surface area (Å²) in [6, 6.07) is 0.739. The molecule has 1 N–H and O–H groups in total. The van der Waals surface area contributed by atoms with Crippen LogP contribution in [0.15, 0.2) is 0 Å². The van der Waals surface area contributed by atoms with Crippen LogP contribution in [0.25, 0.3) is 0 Å². The van der Waals surface area contributed by atoms with Crippen LogP contribution in [0.3, 0.4) is 0 Å². The smallest absolute Gasteiger partial charge is 0.0254 e. The van der Waals surface area contributed by atoms with Gasteiger partial charge in [-0.2, -0.15) is 0 Å². The predicted octanol–water partition coefficient (Wildman–Crippen LogP) is 2.28. The Hall–Kier alpha value is -0.120. The Labute approximate surface area is 126 Å². The molecule has 2 aliphatic rings. The molecule has 1 saturated heterocycles. The summed E-state index contributed by atoms with van der Waals surface area (Å²) in [4.78, 5) is 5.16. The fraction of sp³-hybridized carbons (Fsp3) is 1.00. The molecule has 0 radical (unpaired) electrons. The fourth-order valence-electron chi connectivity index (χ4n) is 4.83. The lowest BCUT2D eigenvalue weighted by atomic mass is 9.69. The van der Waals surface area contributed by atoms with Crippen molar-refractivity contribution in [2.24, 2.45) is 17.3 Å². The molecule has 0 aromatic heterocycles. The molecule has 4 unspecified atom stereocenters. The Balaban J connectivity index is 1.98. The van der Waals surface area contributed by atoms with Gasteiger partial charge < -0.3 is 15.1 Å². The predicted molar refractivity (Wildman–Crippen MR) is 87.1 cm³/mol. The summed E-state index contributed by atoms with van der Waals surface area (Å²) < 4.78 is 0. The molecule has 0 bridgehead atoms. The van der Waals surface area contributed by atoms with Crippen molar-refractivity contribution in [3.8, 4) is 0 Å². The maximum atomic E-state index is 3.48. The summed E-state index contributed by atoms with van der Waals surface area (Å²) in [6.45, 7) is 9.89. The van der Waals surface area contributed by atoms with Gasteiger partial charge in [0.25, 0.3) is 0 Å². The molecule has 3 heteroatoms. The minimum Gasteiger partial charge on any atom is -0.319 e. The standard InChI is InChI=1S/C17H35N3/c1-14-7-6-8-17(9-14,12-18-3)13-20-10-15(2)16(11-20)19(4)5/h14-16,18H,6-13H2,1-5H3. The third-order valence-electron chi connectivity index (χ3n) is 5.61. The first kappa shape index (κ1) is 16.3. The summed E-state index contributed by atoms with van der Waals surface area (Å²) in [6.07, 6.45) is 5.67. The fourth-order valence-corrected chi connectivity index (χ4v) is 4.83. The van der Waals surface area contributed by atoms with E-state index in [-0.39, 0.29) is 0 Å². The molecule has 20 heavy (non-hydrogen) atoms. The van der Waals surface area contributed by atoms with E-state index in [2.05, 4.69) is 50.1 Å². The topological polar surface area (TPSA) is 18.5 Å². The maximum Gasteiger partial charge on any atom is 0.0254 e. The van der Waals surface area contributed by atoms with Crippen molar-refractivity contribution in [3.63, 3.8) is 0 Å². The van der Waals surface area contributed by atoms with Gasteiger partial charge in [0.05, 0.1) is 0 Å². The summed E-state index contributed by atoms with van der Waals surface area (Å²) in [7, 11) is 6.59. The summed E-state index contributed by atoms with van der Waals surface area (Å²) in [5.74, 6) is 1.71. The number of nitrogens with zero attached hydrogens (tertiary/aromatic N) is 2. The highest BCUT2D eigenvalue weighted by Crippen LogP contribution is 2.40. The van der Waals surface area contributed by atoms with Crippen LogP contribution >= 0.6 is 0 Å². The van der Waals surface area contributed by atoms with E-state index < -0.39 is 0 Å². The second kappa shape index (κ2) is 6.76. The molecule has 2 fully saturated rings. The molecular weight excluding hydrogens is 246 g/mol. The van der Waals surface area contributed by atoms with Gasteiger partial charge in [0, 0.05) is 32.2 Å². The van der Waals surface area contributed by atoms with Crippen molar-refractivity contribution >= 4 is 0 Å². The summed E-state index contributed by atoms with van der Waals surface area (Å²) >= 11 is 0. The quantitative estimate of drug-likeness (QED) is 0.834. The van der Waals surface area contributed by atoms with Gasteiger partial charge in [0.15, 0.2) is 0 Å². The highest BCUT2D eigenvalue weighted by Gasteiger charge is 2.39. The van der Waals surface area contributed by atoms with Gasteiger partial charge in [0.1, 0.15) is 0 Å². The zero-order chi connectivity index (χ0) is 14.8. The Bertz CT molecular complexity index is 301. The normalized spacial score (nSPS) is 39.6. The Kier molecular flexibility index (Phi) is 5.49. The number of hydrogen-bond acceptors (Lipinski definition) is 3. The highest BCUT2D eigenvalue weighted by atomic mass is 15.2. The number of hydrogen-bond donors (Lipinski definition) is 1. The van der Waals surface area contributed by atoms with Crippen molar-refractivity contribution in [2.75, 3.05) is 47.3 Å². The third-order valence-corrected chi connectivity index (χ3v) is 5.61. The third kappa shape index (κ3) is 3.75. The summed E-state index contributed by atoms with van der Waals surface area (Å²) in [5.41, 5.74) is 0.521. The second-order valence-corrected chi connectivity index (χ2v) is 7.93. The molecule has 1 saturated carbocycles. The van der Waals surface area contributed by atoms with E-state index in [4.69, 9.17) is 0 Å². The van der Waals surface area contributed by atoms with Crippen LogP contribution in [0.2, 0.25) is 0 Å². The number of likely N-dealkylation sites (tertiary alicyclic amines) is 1. The molecule has 1 heterocycles. The minimum atomic E-state index is 0.521. The van der Waals surface area contributed by atoms with Crippen LogP contribution in [-0.4, -0.2) is 63.2 Å². The molecule has 118 valence electrons. The first-order chi connectivity index (χ1) is 9.46. The van der Waals surface area contributed by atoms with E-state index in [1.165, 1.54) is 51.9 Å². The van der Waals surface area contributed by atoms with Crippen molar-refractivity contribution < 1.29 is 0 Å². The minimum absolute atomic E-state index is 0.521. The van der Waals surface area contributed by atoms with Gasteiger partial charge in [-0.15, -0.1) is 0 Å². The van der Waals surface area contributed by atoms with Gasteiger partial charge in [-0.25, -0.2) is 0 Å². The van der Waals surface area contributed by atoms with Crippen LogP contribution in [0.5, 0.6) is 0 Å². The molecule has 4 atom stereocenters. The van der Waals surface area contributed by atoms with Gasteiger partial charge in [-0.05, 0) is 51.2 Å². The lowest BCUT2D eigenvalue weighted by Gasteiger charge is -2.42. The Morgan fingerprint density at radius 3 is 2.55 bits per heavy atom. The van der Waals surface area contributed by atoms with Gasteiger partial charge in [0.2, 0.25) is 0 Å². The number of rotatable bonds is 5. The van der Waals surface area contributed by atoms with Crippen molar-refractivity contribution in [2.45, 2.75) is 45.6 Å². The van der Waals surface area contributed by atoms with Crippen molar-refractivity contribution in [1.29, 1.82) is 0 Å². The van der Waals surface area contributed by atoms with Crippen LogP contribution in [0.4, 0.5) is 0 Å². The lowest BCUT2D eigenvalue weighted by Crippen LogP contribution is -2.46. The maximum absolute atomic E-state index is 3.48.